The van der Waals surface area contributed by atoms with Gasteiger partial charge in [0.1, 0.15) is 0 Å². The third kappa shape index (κ3) is 1.81. The van der Waals surface area contributed by atoms with Crippen molar-refractivity contribution in [3.8, 4) is 0 Å². The lowest BCUT2D eigenvalue weighted by molar-refractivity contribution is 0.178. The normalized spacial score (nSPS) is 9.89. The van der Waals surface area contributed by atoms with E-state index in [9.17, 15) is 0 Å². The van der Waals surface area contributed by atoms with E-state index >= 15 is 0 Å². The van der Waals surface area contributed by atoms with Crippen LogP contribution < -0.4 is 0 Å². The Balaban J connectivity index is 2.30. The Morgan fingerprint density at radius 1 is 1.44 bits per heavy atom. The van der Waals surface area contributed by atoms with E-state index in [0.717, 1.165) is 6.54 Å². The largest absolute Gasteiger partial charge is 0.383 e. The zero-order chi connectivity index (χ0) is 6.53. The molecule has 4 heteroatoms. The fraction of sp³-hybridized carbons (Fsp3) is 0.600. The van der Waals surface area contributed by atoms with Crippen LogP contribution in [0.25, 0.3) is 0 Å². The van der Waals surface area contributed by atoms with E-state index in [1.807, 2.05) is 0 Å². The van der Waals surface area contributed by atoms with Gasteiger partial charge in [-0.25, -0.2) is 0 Å². The highest BCUT2D eigenvalue weighted by atomic mass is 16.5. The van der Waals surface area contributed by atoms with Crippen molar-refractivity contribution in [3.63, 3.8) is 0 Å². The molecule has 0 radical (unpaired) electrons. The van der Waals surface area contributed by atoms with Crippen LogP contribution >= 0.6 is 0 Å². The summed E-state index contributed by atoms with van der Waals surface area (Å²) in [5.74, 6) is 0. The molecule has 0 unspecified atom stereocenters. The number of methoxy groups -OCH3 is 1. The highest BCUT2D eigenvalue weighted by Crippen LogP contribution is 1.77. The summed E-state index contributed by atoms with van der Waals surface area (Å²) in [6.07, 6.45) is 3.30. The molecule has 1 aromatic heterocycles. The van der Waals surface area contributed by atoms with Crippen LogP contribution in [0.5, 0.6) is 0 Å². The van der Waals surface area contributed by atoms with E-state index in [2.05, 4.69) is 10.2 Å². The predicted molar refractivity (Wildman–Crippen MR) is 31.9 cm³/mol. The van der Waals surface area contributed by atoms with Gasteiger partial charge in [0.15, 0.2) is 0 Å². The molecular formula is C5H9N3O. The zero-order valence-corrected chi connectivity index (χ0v) is 5.32. The fourth-order valence-corrected chi connectivity index (χ4v) is 0.532. The molecule has 1 heterocycles. The lowest BCUT2D eigenvalue weighted by atomic mass is 10.7. The second-order valence-electron chi connectivity index (χ2n) is 1.62. The number of hydrogen-bond donors (Lipinski definition) is 0. The van der Waals surface area contributed by atoms with Crippen molar-refractivity contribution in [1.29, 1.82) is 0 Å². The van der Waals surface area contributed by atoms with Crippen molar-refractivity contribution >= 4 is 0 Å². The molecule has 0 atom stereocenters. The van der Waals surface area contributed by atoms with Gasteiger partial charge in [0.2, 0.25) is 0 Å². The van der Waals surface area contributed by atoms with E-state index in [0.29, 0.717) is 6.61 Å². The molecule has 0 N–H and O–H groups in total. The summed E-state index contributed by atoms with van der Waals surface area (Å²) >= 11 is 0. The third-order valence-corrected chi connectivity index (χ3v) is 0.962. The molecule has 0 aliphatic rings. The summed E-state index contributed by atoms with van der Waals surface area (Å²) in [6.45, 7) is 1.39. The monoisotopic (exact) mass is 127 g/mol. The molecule has 0 fully saturated rings. The summed E-state index contributed by atoms with van der Waals surface area (Å²) in [4.78, 5) is 1.59. The van der Waals surface area contributed by atoms with E-state index < -0.39 is 0 Å². The molecule has 1 rings (SSSR count). The van der Waals surface area contributed by atoms with Gasteiger partial charge in [0.05, 0.1) is 25.5 Å². The topological polar surface area (TPSA) is 39.9 Å². The molecule has 0 aromatic carbocycles. The van der Waals surface area contributed by atoms with Gasteiger partial charge in [-0.15, -0.1) is 0 Å². The number of rotatable bonds is 3. The van der Waals surface area contributed by atoms with Crippen molar-refractivity contribution in [2.75, 3.05) is 13.7 Å². The molecule has 0 aliphatic carbocycles. The number of aromatic nitrogens is 3. The Bertz CT molecular complexity index is 149. The van der Waals surface area contributed by atoms with E-state index in [-0.39, 0.29) is 0 Å². The maximum absolute atomic E-state index is 4.81. The number of nitrogens with zero attached hydrogens (tertiary/aromatic N) is 3. The average Bonchev–Trinajstić information content (AvgIpc) is 2.34. The molecule has 0 saturated heterocycles. The Morgan fingerprint density at radius 3 is 2.67 bits per heavy atom. The van der Waals surface area contributed by atoms with Gasteiger partial charge in [-0.2, -0.15) is 15.0 Å². The first kappa shape index (κ1) is 6.22. The molecule has 0 spiro atoms. The molecule has 0 amide bonds. The smallest absolute Gasteiger partial charge is 0.0840 e. The zero-order valence-electron chi connectivity index (χ0n) is 5.32. The van der Waals surface area contributed by atoms with Gasteiger partial charge in [0.25, 0.3) is 0 Å². The van der Waals surface area contributed by atoms with Crippen molar-refractivity contribution < 1.29 is 4.74 Å². The van der Waals surface area contributed by atoms with Crippen LogP contribution in [-0.4, -0.2) is 28.7 Å². The molecular weight excluding hydrogens is 118 g/mol. The van der Waals surface area contributed by atoms with Crippen LogP contribution in [0.15, 0.2) is 12.4 Å². The van der Waals surface area contributed by atoms with Gasteiger partial charge in [-0.3, -0.25) is 0 Å². The third-order valence-electron chi connectivity index (χ3n) is 0.962. The Labute approximate surface area is 53.4 Å². The highest BCUT2D eigenvalue weighted by molar-refractivity contribution is 4.59. The molecule has 4 nitrogen and oxygen atoms in total. The van der Waals surface area contributed by atoms with Crippen LogP contribution in [-0.2, 0) is 11.3 Å². The molecule has 0 saturated carbocycles. The minimum Gasteiger partial charge on any atom is -0.383 e. The van der Waals surface area contributed by atoms with Crippen molar-refractivity contribution in [2.24, 2.45) is 0 Å². The van der Waals surface area contributed by atoms with Gasteiger partial charge >= 0.3 is 0 Å². The van der Waals surface area contributed by atoms with Gasteiger partial charge in [-0.05, 0) is 0 Å². The van der Waals surface area contributed by atoms with E-state index in [4.69, 9.17) is 4.74 Å². The summed E-state index contributed by atoms with van der Waals surface area (Å²) in [5, 5.41) is 7.76. The molecule has 0 aliphatic heterocycles. The minimum atomic E-state index is 0.661. The van der Waals surface area contributed by atoms with Crippen LogP contribution in [0, 0.1) is 0 Å². The highest BCUT2D eigenvalue weighted by Gasteiger charge is 1.87. The first-order valence-corrected chi connectivity index (χ1v) is 2.76. The first-order valence-electron chi connectivity index (χ1n) is 2.76. The SMILES string of the molecule is COCCn1nccn1. The van der Waals surface area contributed by atoms with E-state index in [1.165, 1.54) is 0 Å². The first-order chi connectivity index (χ1) is 4.43. The van der Waals surface area contributed by atoms with Crippen molar-refractivity contribution in [1.82, 2.24) is 15.0 Å². The summed E-state index contributed by atoms with van der Waals surface area (Å²) in [7, 11) is 1.66. The molecule has 1 aromatic rings. The van der Waals surface area contributed by atoms with Crippen LogP contribution in [0.1, 0.15) is 0 Å². The van der Waals surface area contributed by atoms with Crippen LogP contribution in [0.4, 0.5) is 0 Å². The van der Waals surface area contributed by atoms with Gasteiger partial charge < -0.3 is 4.74 Å². The van der Waals surface area contributed by atoms with Crippen molar-refractivity contribution in [3.05, 3.63) is 12.4 Å². The lowest BCUT2D eigenvalue weighted by Gasteiger charge is -1.95. The summed E-state index contributed by atoms with van der Waals surface area (Å²) < 4.78 is 4.81. The minimum absolute atomic E-state index is 0.661. The summed E-state index contributed by atoms with van der Waals surface area (Å²) in [5.41, 5.74) is 0. The number of ether oxygens (including phenoxy) is 1. The van der Waals surface area contributed by atoms with Gasteiger partial charge in [0, 0.05) is 7.11 Å². The van der Waals surface area contributed by atoms with Crippen molar-refractivity contribution in [2.45, 2.75) is 6.54 Å². The maximum Gasteiger partial charge on any atom is 0.0840 e. The van der Waals surface area contributed by atoms with Gasteiger partial charge in [-0.1, -0.05) is 0 Å². The maximum atomic E-state index is 4.81. The lowest BCUT2D eigenvalue weighted by Crippen LogP contribution is -2.06. The van der Waals surface area contributed by atoms with E-state index in [1.54, 1.807) is 24.3 Å². The Kier molecular flexibility index (Phi) is 2.21. The second kappa shape index (κ2) is 3.19. The molecule has 0 bridgehead atoms. The molecule has 9 heavy (non-hydrogen) atoms. The van der Waals surface area contributed by atoms with Crippen LogP contribution in [0.3, 0.4) is 0 Å². The predicted octanol–water partition coefficient (Wildman–Crippen LogP) is -0.0755. The molecule has 50 valence electrons. The second-order valence-corrected chi connectivity index (χ2v) is 1.62. The quantitative estimate of drug-likeness (QED) is 0.570. The number of hydrogen-bond acceptors (Lipinski definition) is 3. The fourth-order valence-electron chi connectivity index (χ4n) is 0.532. The summed E-state index contributed by atoms with van der Waals surface area (Å²) in [6, 6.07) is 0. The average molecular weight is 127 g/mol. The Hall–Kier alpha value is -0.900. The standard InChI is InChI=1S/C5H9N3O/c1-9-5-4-8-6-2-3-7-8/h2-3H,4-5H2,1H3. The van der Waals surface area contributed by atoms with Crippen LogP contribution in [0.2, 0.25) is 0 Å². The Morgan fingerprint density at radius 2 is 2.11 bits per heavy atom.